The minimum atomic E-state index is -0.0135. The van der Waals surface area contributed by atoms with Crippen molar-refractivity contribution >= 4 is 28.6 Å². The molecule has 128 valence electrons. The van der Waals surface area contributed by atoms with E-state index in [9.17, 15) is 4.79 Å². The molecular weight excluding hydrogens is 332 g/mol. The van der Waals surface area contributed by atoms with Crippen LogP contribution >= 0.6 is 11.8 Å². The van der Waals surface area contributed by atoms with Gasteiger partial charge in [0.1, 0.15) is 5.75 Å². The van der Waals surface area contributed by atoms with E-state index in [4.69, 9.17) is 4.74 Å². The molecule has 0 saturated heterocycles. The fourth-order valence-electron chi connectivity index (χ4n) is 2.57. The van der Waals surface area contributed by atoms with Crippen molar-refractivity contribution in [3.63, 3.8) is 0 Å². The molecule has 0 aliphatic rings. The Balaban J connectivity index is 1.57. The molecule has 0 spiro atoms. The number of methoxy groups -OCH3 is 1. The molecule has 1 heterocycles. The molecule has 0 saturated carbocycles. The van der Waals surface area contributed by atoms with Crippen LogP contribution in [0.5, 0.6) is 5.75 Å². The molecule has 1 N–H and O–H groups in total. The fourth-order valence-corrected chi connectivity index (χ4v) is 3.37. The summed E-state index contributed by atoms with van der Waals surface area (Å²) >= 11 is 1.45. The Morgan fingerprint density at radius 3 is 2.84 bits per heavy atom. The van der Waals surface area contributed by atoms with Crippen LogP contribution in [0.25, 0.3) is 10.9 Å². The van der Waals surface area contributed by atoms with Crippen LogP contribution in [0.3, 0.4) is 0 Å². The number of pyridine rings is 1. The molecule has 5 heteroatoms. The average molecular weight is 352 g/mol. The lowest BCUT2D eigenvalue weighted by Crippen LogP contribution is -2.24. The molecule has 25 heavy (non-hydrogen) atoms. The van der Waals surface area contributed by atoms with Crippen LogP contribution in [0.15, 0.2) is 59.6 Å². The number of hydrogen-bond acceptors (Lipinski definition) is 4. The number of benzene rings is 2. The molecule has 1 amide bonds. The number of para-hydroxylation sites is 1. The maximum Gasteiger partial charge on any atom is 0.230 e. The van der Waals surface area contributed by atoms with Crippen molar-refractivity contribution in [2.45, 2.75) is 18.5 Å². The van der Waals surface area contributed by atoms with E-state index < -0.39 is 0 Å². The van der Waals surface area contributed by atoms with E-state index in [0.717, 1.165) is 27.2 Å². The number of nitrogens with zero attached hydrogens (tertiary/aromatic N) is 1. The lowest BCUT2D eigenvalue weighted by molar-refractivity contribution is -0.118. The number of carbonyl (C=O) groups is 1. The zero-order chi connectivity index (χ0) is 17.6. The summed E-state index contributed by atoms with van der Waals surface area (Å²) in [4.78, 5) is 16.7. The molecule has 0 aliphatic heterocycles. The molecule has 3 aromatic rings. The zero-order valence-electron chi connectivity index (χ0n) is 14.3. The third-order valence-electron chi connectivity index (χ3n) is 3.87. The van der Waals surface area contributed by atoms with Gasteiger partial charge in [-0.2, -0.15) is 0 Å². The van der Waals surface area contributed by atoms with Crippen molar-refractivity contribution in [2.75, 3.05) is 12.9 Å². The van der Waals surface area contributed by atoms with Gasteiger partial charge in [-0.15, -0.1) is 0 Å². The van der Waals surface area contributed by atoms with Crippen molar-refractivity contribution in [1.82, 2.24) is 10.3 Å². The Kier molecular flexibility index (Phi) is 5.56. The Hall–Kier alpha value is -2.53. The first-order valence-electron chi connectivity index (χ1n) is 8.04. The van der Waals surface area contributed by atoms with Crippen LogP contribution in [0.4, 0.5) is 0 Å². The summed E-state index contributed by atoms with van der Waals surface area (Å²) in [6.07, 6.45) is 0. The van der Waals surface area contributed by atoms with Gasteiger partial charge in [-0.25, -0.2) is 4.98 Å². The monoisotopic (exact) mass is 352 g/mol. The molecule has 0 aliphatic carbocycles. The van der Waals surface area contributed by atoms with Gasteiger partial charge in [0.2, 0.25) is 5.91 Å². The van der Waals surface area contributed by atoms with E-state index in [-0.39, 0.29) is 5.91 Å². The van der Waals surface area contributed by atoms with Crippen molar-refractivity contribution in [1.29, 1.82) is 0 Å². The van der Waals surface area contributed by atoms with Gasteiger partial charge in [0.15, 0.2) is 0 Å². The van der Waals surface area contributed by atoms with Crippen LogP contribution < -0.4 is 10.1 Å². The Bertz CT molecular complexity index is 896. The number of amides is 1. The average Bonchev–Trinajstić information content (AvgIpc) is 2.65. The van der Waals surface area contributed by atoms with E-state index in [0.29, 0.717) is 12.3 Å². The molecule has 0 atom stereocenters. The first-order chi connectivity index (χ1) is 12.2. The lowest BCUT2D eigenvalue weighted by atomic mass is 10.1. The SMILES string of the molecule is COc1cccc(CNC(=O)CSc2cc(C)c3ccccc3n2)c1. The van der Waals surface area contributed by atoms with Crippen molar-refractivity contribution in [3.05, 3.63) is 65.7 Å². The number of ether oxygens (including phenoxy) is 1. The van der Waals surface area contributed by atoms with Gasteiger partial charge in [0.25, 0.3) is 0 Å². The Morgan fingerprint density at radius 1 is 1.16 bits per heavy atom. The fraction of sp³-hybridized carbons (Fsp3) is 0.200. The van der Waals surface area contributed by atoms with Gasteiger partial charge in [0, 0.05) is 11.9 Å². The number of nitrogens with one attached hydrogen (secondary N) is 1. The Morgan fingerprint density at radius 2 is 2.00 bits per heavy atom. The van der Waals surface area contributed by atoms with Gasteiger partial charge in [0.05, 0.1) is 23.4 Å². The number of hydrogen-bond donors (Lipinski definition) is 1. The van der Waals surface area contributed by atoms with E-state index >= 15 is 0 Å². The first-order valence-corrected chi connectivity index (χ1v) is 9.03. The first kappa shape index (κ1) is 17.3. The molecule has 0 radical (unpaired) electrons. The highest BCUT2D eigenvalue weighted by Crippen LogP contribution is 2.23. The summed E-state index contributed by atoms with van der Waals surface area (Å²) in [6, 6.07) is 17.8. The van der Waals surface area contributed by atoms with E-state index in [1.54, 1.807) is 7.11 Å². The second-order valence-corrected chi connectivity index (χ2v) is 6.71. The number of aromatic nitrogens is 1. The predicted molar refractivity (Wildman–Crippen MR) is 102 cm³/mol. The van der Waals surface area contributed by atoms with Crippen molar-refractivity contribution < 1.29 is 9.53 Å². The molecule has 0 fully saturated rings. The molecular formula is C20H20N2O2S. The third-order valence-corrected chi connectivity index (χ3v) is 4.79. The molecule has 4 nitrogen and oxygen atoms in total. The summed E-state index contributed by atoms with van der Waals surface area (Å²) < 4.78 is 5.19. The van der Waals surface area contributed by atoms with Gasteiger partial charge in [-0.1, -0.05) is 42.1 Å². The van der Waals surface area contributed by atoms with E-state index in [1.165, 1.54) is 17.3 Å². The summed E-state index contributed by atoms with van der Waals surface area (Å²) in [5.74, 6) is 1.12. The van der Waals surface area contributed by atoms with Crippen LogP contribution in [-0.2, 0) is 11.3 Å². The minimum Gasteiger partial charge on any atom is -0.497 e. The smallest absolute Gasteiger partial charge is 0.230 e. The van der Waals surface area contributed by atoms with Crippen molar-refractivity contribution in [3.8, 4) is 5.75 Å². The highest BCUT2D eigenvalue weighted by atomic mass is 32.2. The quantitative estimate of drug-likeness (QED) is 0.682. The largest absolute Gasteiger partial charge is 0.497 e. The highest BCUT2D eigenvalue weighted by molar-refractivity contribution is 7.99. The van der Waals surface area contributed by atoms with Gasteiger partial charge in [-0.3, -0.25) is 4.79 Å². The zero-order valence-corrected chi connectivity index (χ0v) is 15.1. The van der Waals surface area contributed by atoms with Crippen LogP contribution in [0, 0.1) is 6.92 Å². The van der Waals surface area contributed by atoms with Gasteiger partial charge in [-0.05, 0) is 42.3 Å². The molecule has 0 bridgehead atoms. The van der Waals surface area contributed by atoms with Crippen LogP contribution in [-0.4, -0.2) is 23.8 Å². The van der Waals surface area contributed by atoms with Crippen LogP contribution in [0.2, 0.25) is 0 Å². The second kappa shape index (κ2) is 8.03. The molecule has 3 rings (SSSR count). The maximum atomic E-state index is 12.1. The Labute approximate surface area is 151 Å². The molecule has 1 aromatic heterocycles. The minimum absolute atomic E-state index is 0.0135. The summed E-state index contributed by atoms with van der Waals surface area (Å²) in [5, 5.41) is 4.94. The maximum absolute atomic E-state index is 12.1. The number of fused-ring (bicyclic) bond motifs is 1. The summed E-state index contributed by atoms with van der Waals surface area (Å²) in [6.45, 7) is 2.55. The third kappa shape index (κ3) is 4.51. The predicted octanol–water partition coefficient (Wildman–Crippen LogP) is 3.96. The molecule has 0 unspecified atom stereocenters. The normalized spacial score (nSPS) is 10.6. The number of thioether (sulfide) groups is 1. The van der Waals surface area contributed by atoms with E-state index in [2.05, 4.69) is 23.3 Å². The van der Waals surface area contributed by atoms with Crippen molar-refractivity contribution in [2.24, 2.45) is 0 Å². The number of aryl methyl sites for hydroxylation is 1. The van der Waals surface area contributed by atoms with Crippen LogP contribution in [0.1, 0.15) is 11.1 Å². The second-order valence-electron chi connectivity index (χ2n) is 5.71. The number of carbonyl (C=O) groups excluding carboxylic acids is 1. The summed E-state index contributed by atoms with van der Waals surface area (Å²) in [5.41, 5.74) is 3.14. The van der Waals surface area contributed by atoms with Gasteiger partial charge >= 0.3 is 0 Å². The highest BCUT2D eigenvalue weighted by Gasteiger charge is 2.07. The van der Waals surface area contributed by atoms with E-state index in [1.807, 2.05) is 48.5 Å². The lowest BCUT2D eigenvalue weighted by Gasteiger charge is -2.08. The topological polar surface area (TPSA) is 51.2 Å². The molecule has 2 aromatic carbocycles. The standard InChI is InChI=1S/C20H20N2O2S/c1-14-10-20(22-18-9-4-3-8-17(14)18)25-13-19(23)21-12-15-6-5-7-16(11-15)24-2/h3-11H,12-13H2,1-2H3,(H,21,23). The number of rotatable bonds is 6. The van der Waals surface area contributed by atoms with Gasteiger partial charge < -0.3 is 10.1 Å². The summed E-state index contributed by atoms with van der Waals surface area (Å²) in [7, 11) is 1.63.